The number of hydrogen-bond donors (Lipinski definition) is 2. The predicted molar refractivity (Wildman–Crippen MR) is 104 cm³/mol. The maximum atomic E-state index is 12.7. The normalized spacial score (nSPS) is 12.5. The highest BCUT2D eigenvalue weighted by atomic mass is 16.6. The molecular weight excluding hydrogens is 378 g/mol. The first-order valence-electron chi connectivity index (χ1n) is 8.79. The Hall–Kier alpha value is -3.75. The third-order valence-corrected chi connectivity index (χ3v) is 4.41. The molecule has 0 aliphatic carbocycles. The van der Waals surface area contributed by atoms with Crippen molar-refractivity contribution < 1.29 is 24.4 Å². The third kappa shape index (κ3) is 5.61. The molecule has 0 aliphatic heterocycles. The molecule has 0 aliphatic rings. The van der Waals surface area contributed by atoms with Crippen LogP contribution in [-0.4, -0.2) is 51.8 Å². The van der Waals surface area contributed by atoms with Crippen LogP contribution in [0.15, 0.2) is 54.6 Å². The number of aliphatic carboxylic acids is 1. The molecule has 9 nitrogen and oxygen atoms in total. The van der Waals surface area contributed by atoms with Crippen LogP contribution in [0.5, 0.6) is 0 Å². The van der Waals surface area contributed by atoms with Gasteiger partial charge in [0.1, 0.15) is 12.1 Å². The summed E-state index contributed by atoms with van der Waals surface area (Å²) in [6, 6.07) is 11.9. The average molecular weight is 399 g/mol. The second kappa shape index (κ2) is 9.45. The molecule has 2 rings (SSSR count). The molecule has 2 aromatic rings. The maximum Gasteiger partial charge on any atom is 0.326 e. The van der Waals surface area contributed by atoms with Crippen LogP contribution in [-0.2, 0) is 16.0 Å². The van der Waals surface area contributed by atoms with Crippen LogP contribution in [0.2, 0.25) is 0 Å². The lowest BCUT2D eigenvalue weighted by atomic mass is 10.0. The van der Waals surface area contributed by atoms with E-state index >= 15 is 0 Å². The summed E-state index contributed by atoms with van der Waals surface area (Å²) < 4.78 is 0. The maximum absolute atomic E-state index is 12.7. The molecule has 0 bridgehead atoms. The van der Waals surface area contributed by atoms with Crippen LogP contribution in [0.25, 0.3) is 0 Å². The Kier molecular flexibility index (Phi) is 7.02. The van der Waals surface area contributed by atoms with Gasteiger partial charge in [-0.05, 0) is 18.6 Å². The Balaban J connectivity index is 2.08. The van der Waals surface area contributed by atoms with Crippen molar-refractivity contribution in [3.63, 3.8) is 0 Å². The molecule has 2 atom stereocenters. The Labute approximate surface area is 167 Å². The van der Waals surface area contributed by atoms with Crippen molar-refractivity contribution in [2.75, 3.05) is 7.05 Å². The second-order valence-corrected chi connectivity index (χ2v) is 6.50. The van der Waals surface area contributed by atoms with E-state index in [-0.39, 0.29) is 17.7 Å². The summed E-state index contributed by atoms with van der Waals surface area (Å²) in [4.78, 5) is 48.0. The summed E-state index contributed by atoms with van der Waals surface area (Å²) in [5.74, 6) is -2.42. The summed E-state index contributed by atoms with van der Waals surface area (Å²) in [6.45, 7) is 1.43. The summed E-state index contributed by atoms with van der Waals surface area (Å²) in [7, 11) is 1.36. The average Bonchev–Trinajstić information content (AvgIpc) is 2.71. The number of likely N-dealkylation sites (N-methyl/N-ethyl adjacent to an activating group) is 1. The zero-order valence-electron chi connectivity index (χ0n) is 15.9. The fraction of sp³-hybridized carbons (Fsp3) is 0.250. The molecular formula is C20H21N3O6. The molecule has 0 spiro atoms. The molecule has 0 fully saturated rings. The minimum absolute atomic E-state index is 0.0283. The van der Waals surface area contributed by atoms with Crippen LogP contribution in [0.4, 0.5) is 5.69 Å². The van der Waals surface area contributed by atoms with Crippen LogP contribution >= 0.6 is 0 Å². The topological polar surface area (TPSA) is 130 Å². The summed E-state index contributed by atoms with van der Waals surface area (Å²) in [6.07, 6.45) is 0.115. The molecule has 0 radical (unpaired) electrons. The Morgan fingerprint density at radius 2 is 1.79 bits per heavy atom. The number of carboxylic acids is 1. The van der Waals surface area contributed by atoms with Crippen molar-refractivity contribution in [1.29, 1.82) is 0 Å². The SMILES string of the molecule is CC(NC(=O)c1cccc([N+](=O)[O-])c1)C(=O)N(C)C(Cc1ccccc1)C(=O)O. The van der Waals surface area contributed by atoms with Gasteiger partial charge in [0.15, 0.2) is 0 Å². The Bertz CT molecular complexity index is 915. The lowest BCUT2D eigenvalue weighted by Gasteiger charge is -2.28. The van der Waals surface area contributed by atoms with Crippen molar-refractivity contribution in [3.8, 4) is 0 Å². The van der Waals surface area contributed by atoms with Crippen LogP contribution in [0.1, 0.15) is 22.8 Å². The lowest BCUT2D eigenvalue weighted by molar-refractivity contribution is -0.384. The molecule has 2 aromatic carbocycles. The van der Waals surface area contributed by atoms with E-state index in [0.717, 1.165) is 16.5 Å². The van der Waals surface area contributed by atoms with E-state index in [1.54, 1.807) is 30.3 Å². The van der Waals surface area contributed by atoms with Crippen molar-refractivity contribution in [2.45, 2.75) is 25.4 Å². The first-order valence-corrected chi connectivity index (χ1v) is 8.79. The van der Waals surface area contributed by atoms with Crippen LogP contribution < -0.4 is 5.32 Å². The highest BCUT2D eigenvalue weighted by Crippen LogP contribution is 2.14. The number of hydrogen-bond acceptors (Lipinski definition) is 5. The molecule has 2 amide bonds. The van der Waals surface area contributed by atoms with Crippen molar-refractivity contribution in [3.05, 3.63) is 75.8 Å². The minimum atomic E-state index is -1.16. The molecule has 0 aromatic heterocycles. The number of non-ortho nitro benzene ring substituents is 1. The van der Waals surface area contributed by atoms with E-state index in [9.17, 15) is 29.6 Å². The fourth-order valence-corrected chi connectivity index (χ4v) is 2.79. The van der Waals surface area contributed by atoms with Crippen LogP contribution in [0.3, 0.4) is 0 Å². The number of benzene rings is 2. The molecule has 152 valence electrons. The van der Waals surface area contributed by atoms with Gasteiger partial charge >= 0.3 is 5.97 Å². The van der Waals surface area contributed by atoms with Gasteiger partial charge in [-0.3, -0.25) is 19.7 Å². The molecule has 29 heavy (non-hydrogen) atoms. The number of nitro benzene ring substituents is 1. The van der Waals surface area contributed by atoms with E-state index in [1.807, 2.05) is 0 Å². The Morgan fingerprint density at radius 1 is 1.14 bits per heavy atom. The van der Waals surface area contributed by atoms with E-state index in [1.165, 1.54) is 32.2 Å². The van der Waals surface area contributed by atoms with Gasteiger partial charge in [0.05, 0.1) is 4.92 Å². The summed E-state index contributed by atoms with van der Waals surface area (Å²) >= 11 is 0. The number of nitrogens with one attached hydrogen (secondary N) is 1. The fourth-order valence-electron chi connectivity index (χ4n) is 2.79. The molecule has 9 heteroatoms. The Morgan fingerprint density at radius 3 is 2.38 bits per heavy atom. The first kappa shape index (κ1) is 21.5. The number of nitro groups is 1. The van der Waals surface area contributed by atoms with Gasteiger partial charge in [-0.15, -0.1) is 0 Å². The van der Waals surface area contributed by atoms with Gasteiger partial charge < -0.3 is 15.3 Å². The van der Waals surface area contributed by atoms with Gasteiger partial charge in [-0.1, -0.05) is 36.4 Å². The zero-order valence-corrected chi connectivity index (χ0v) is 15.9. The summed E-state index contributed by atoms with van der Waals surface area (Å²) in [5.41, 5.74) is 0.538. The minimum Gasteiger partial charge on any atom is -0.480 e. The number of carbonyl (C=O) groups excluding carboxylic acids is 2. The smallest absolute Gasteiger partial charge is 0.326 e. The largest absolute Gasteiger partial charge is 0.480 e. The molecule has 0 saturated carbocycles. The quantitative estimate of drug-likeness (QED) is 0.515. The number of carboxylic acid groups (broad SMARTS) is 1. The van der Waals surface area contributed by atoms with Crippen LogP contribution in [0, 0.1) is 10.1 Å². The molecule has 0 heterocycles. The standard InChI is InChI=1S/C20H21N3O6/c1-13(21-18(24)15-9-6-10-16(12-15)23(28)29)19(25)22(2)17(20(26)27)11-14-7-4-3-5-8-14/h3-10,12-13,17H,11H2,1-2H3,(H,21,24)(H,26,27). The number of carbonyl (C=O) groups is 3. The van der Waals surface area contributed by atoms with Crippen molar-refractivity contribution in [1.82, 2.24) is 10.2 Å². The van der Waals surface area contributed by atoms with E-state index in [2.05, 4.69) is 5.32 Å². The van der Waals surface area contributed by atoms with E-state index in [4.69, 9.17) is 0 Å². The first-order chi connectivity index (χ1) is 13.7. The van der Waals surface area contributed by atoms with E-state index in [0.29, 0.717) is 0 Å². The van der Waals surface area contributed by atoms with Gasteiger partial charge in [-0.2, -0.15) is 0 Å². The zero-order chi connectivity index (χ0) is 21.6. The van der Waals surface area contributed by atoms with E-state index < -0.39 is 34.8 Å². The van der Waals surface area contributed by atoms with Gasteiger partial charge in [0.2, 0.25) is 5.91 Å². The third-order valence-electron chi connectivity index (χ3n) is 4.41. The van der Waals surface area contributed by atoms with Crippen molar-refractivity contribution in [2.24, 2.45) is 0 Å². The highest BCUT2D eigenvalue weighted by molar-refractivity contribution is 5.98. The number of amides is 2. The lowest BCUT2D eigenvalue weighted by Crippen LogP contribution is -2.51. The molecule has 0 saturated heterocycles. The summed E-state index contributed by atoms with van der Waals surface area (Å²) in [5, 5.41) is 22.8. The van der Waals surface area contributed by atoms with Gasteiger partial charge in [0, 0.05) is 31.2 Å². The van der Waals surface area contributed by atoms with Gasteiger partial charge in [-0.25, -0.2) is 4.79 Å². The molecule has 2 N–H and O–H groups in total. The highest BCUT2D eigenvalue weighted by Gasteiger charge is 2.30. The van der Waals surface area contributed by atoms with Gasteiger partial charge in [0.25, 0.3) is 11.6 Å². The number of rotatable bonds is 8. The number of nitrogens with zero attached hydrogens (tertiary/aromatic N) is 2. The molecule has 2 unspecified atom stereocenters. The van der Waals surface area contributed by atoms with Crippen molar-refractivity contribution >= 4 is 23.5 Å². The second-order valence-electron chi connectivity index (χ2n) is 6.50. The monoisotopic (exact) mass is 399 g/mol. The predicted octanol–water partition coefficient (Wildman–Crippen LogP) is 1.87.